The zero-order valence-electron chi connectivity index (χ0n) is 11.0. The maximum absolute atomic E-state index is 13.4. The van der Waals surface area contributed by atoms with Crippen LogP contribution in [0.25, 0.3) is 0 Å². The second kappa shape index (κ2) is 5.42. The largest absolute Gasteiger partial charge is 0.408 e. The molecule has 1 fully saturated rings. The summed E-state index contributed by atoms with van der Waals surface area (Å²) < 4.78 is 52.3. The number of likely N-dealkylation sites (tertiary alicyclic amines) is 1. The second-order valence-corrected chi connectivity index (χ2v) is 5.02. The maximum Gasteiger partial charge on any atom is 0.408 e. The molecule has 0 bridgehead atoms. The molecule has 0 spiro atoms. The van der Waals surface area contributed by atoms with E-state index >= 15 is 0 Å². The summed E-state index contributed by atoms with van der Waals surface area (Å²) in [7, 11) is 0. The van der Waals surface area contributed by atoms with Gasteiger partial charge in [0.15, 0.2) is 0 Å². The Kier molecular flexibility index (Phi) is 4.01. The van der Waals surface area contributed by atoms with E-state index in [1.54, 1.807) is 0 Å². The SMILES string of the molecule is Cc1ccc(C(=O)N2CCCCC2C(F)(F)F)cc1F. The van der Waals surface area contributed by atoms with Crippen LogP contribution < -0.4 is 0 Å². The van der Waals surface area contributed by atoms with Gasteiger partial charge in [-0.3, -0.25) is 4.79 Å². The molecule has 0 saturated carbocycles. The molecule has 1 amide bonds. The van der Waals surface area contributed by atoms with Crippen molar-refractivity contribution in [2.24, 2.45) is 0 Å². The van der Waals surface area contributed by atoms with Crippen molar-refractivity contribution >= 4 is 5.91 Å². The number of carbonyl (C=O) groups is 1. The van der Waals surface area contributed by atoms with E-state index in [1.807, 2.05) is 0 Å². The van der Waals surface area contributed by atoms with E-state index < -0.39 is 23.9 Å². The van der Waals surface area contributed by atoms with Gasteiger partial charge in [-0.05, 0) is 43.9 Å². The summed E-state index contributed by atoms with van der Waals surface area (Å²) in [4.78, 5) is 13.0. The molecule has 20 heavy (non-hydrogen) atoms. The highest BCUT2D eigenvalue weighted by atomic mass is 19.4. The lowest BCUT2D eigenvalue weighted by Gasteiger charge is -2.36. The molecule has 1 atom stereocenters. The third-order valence-corrected chi connectivity index (χ3v) is 3.56. The minimum Gasteiger partial charge on any atom is -0.327 e. The minimum absolute atomic E-state index is 0.0377. The first kappa shape index (κ1) is 14.8. The number of nitrogens with zero attached hydrogens (tertiary/aromatic N) is 1. The van der Waals surface area contributed by atoms with E-state index in [0.717, 1.165) is 11.0 Å². The lowest BCUT2D eigenvalue weighted by Crippen LogP contribution is -2.51. The quantitative estimate of drug-likeness (QED) is 0.722. The molecule has 1 heterocycles. The average Bonchev–Trinajstić information content (AvgIpc) is 2.40. The van der Waals surface area contributed by atoms with Crippen LogP contribution in [0.5, 0.6) is 0 Å². The van der Waals surface area contributed by atoms with Gasteiger partial charge in [0.25, 0.3) is 5.91 Å². The highest BCUT2D eigenvalue weighted by Crippen LogP contribution is 2.32. The molecule has 6 heteroatoms. The zero-order chi connectivity index (χ0) is 14.9. The fourth-order valence-electron chi connectivity index (χ4n) is 2.41. The molecule has 1 saturated heterocycles. The van der Waals surface area contributed by atoms with E-state index in [0.29, 0.717) is 18.4 Å². The lowest BCUT2D eigenvalue weighted by atomic mass is 10.00. The zero-order valence-corrected chi connectivity index (χ0v) is 11.0. The van der Waals surface area contributed by atoms with Crippen LogP contribution in [-0.2, 0) is 0 Å². The van der Waals surface area contributed by atoms with Gasteiger partial charge >= 0.3 is 6.18 Å². The Bertz CT molecular complexity index is 512. The topological polar surface area (TPSA) is 20.3 Å². The highest BCUT2D eigenvalue weighted by Gasteiger charge is 2.46. The van der Waals surface area contributed by atoms with Crippen LogP contribution in [0.2, 0.25) is 0 Å². The van der Waals surface area contributed by atoms with E-state index in [9.17, 15) is 22.4 Å². The van der Waals surface area contributed by atoms with Crippen molar-refractivity contribution in [3.8, 4) is 0 Å². The first-order valence-corrected chi connectivity index (χ1v) is 6.44. The third-order valence-electron chi connectivity index (χ3n) is 3.56. The standard InChI is InChI=1S/C14H15F4NO/c1-9-5-6-10(8-11(9)15)13(20)19-7-3-2-4-12(19)14(16,17)18/h5-6,8,12H,2-4,7H2,1H3. The Labute approximate surface area is 114 Å². The van der Waals surface area contributed by atoms with Crippen LogP contribution in [0.3, 0.4) is 0 Å². The Morgan fingerprint density at radius 3 is 2.60 bits per heavy atom. The Balaban J connectivity index is 2.27. The number of piperidine rings is 1. The van der Waals surface area contributed by atoms with Crippen molar-refractivity contribution in [1.82, 2.24) is 4.90 Å². The first-order chi connectivity index (χ1) is 9.30. The molecule has 110 valence electrons. The van der Waals surface area contributed by atoms with Crippen molar-refractivity contribution in [3.63, 3.8) is 0 Å². The maximum atomic E-state index is 13.4. The number of aryl methyl sites for hydroxylation is 1. The van der Waals surface area contributed by atoms with Gasteiger partial charge in [-0.25, -0.2) is 4.39 Å². The number of benzene rings is 1. The number of halogens is 4. The number of carbonyl (C=O) groups excluding carboxylic acids is 1. The molecule has 2 rings (SSSR count). The molecule has 0 aromatic heterocycles. The molecule has 0 N–H and O–H groups in total. The Morgan fingerprint density at radius 1 is 1.30 bits per heavy atom. The van der Waals surface area contributed by atoms with Crippen LogP contribution >= 0.6 is 0 Å². The molecule has 1 aliphatic rings. The number of hydrogen-bond acceptors (Lipinski definition) is 1. The molecule has 0 aliphatic carbocycles. The van der Waals surface area contributed by atoms with Gasteiger partial charge in [0.1, 0.15) is 11.9 Å². The molecule has 2 nitrogen and oxygen atoms in total. The van der Waals surface area contributed by atoms with Gasteiger partial charge in [0.05, 0.1) is 0 Å². The van der Waals surface area contributed by atoms with Gasteiger partial charge in [0.2, 0.25) is 0 Å². The van der Waals surface area contributed by atoms with Crippen molar-refractivity contribution in [1.29, 1.82) is 0 Å². The number of hydrogen-bond donors (Lipinski definition) is 0. The van der Waals surface area contributed by atoms with Crippen molar-refractivity contribution in [2.75, 3.05) is 6.54 Å². The fraction of sp³-hybridized carbons (Fsp3) is 0.500. The first-order valence-electron chi connectivity index (χ1n) is 6.44. The molecular formula is C14H15F4NO. The number of rotatable bonds is 1. The van der Waals surface area contributed by atoms with Crippen LogP contribution in [0.1, 0.15) is 35.2 Å². The van der Waals surface area contributed by atoms with Crippen molar-refractivity contribution in [2.45, 2.75) is 38.4 Å². The van der Waals surface area contributed by atoms with Crippen molar-refractivity contribution in [3.05, 3.63) is 35.1 Å². The van der Waals surface area contributed by atoms with Gasteiger partial charge < -0.3 is 4.90 Å². The Morgan fingerprint density at radius 2 is 2.00 bits per heavy atom. The minimum atomic E-state index is -4.45. The summed E-state index contributed by atoms with van der Waals surface area (Å²) in [6.45, 7) is 1.58. The summed E-state index contributed by atoms with van der Waals surface area (Å²) in [5.41, 5.74) is 0.316. The Hall–Kier alpha value is -1.59. The summed E-state index contributed by atoms with van der Waals surface area (Å²) in [6, 6.07) is 1.99. The van der Waals surface area contributed by atoms with E-state index in [1.165, 1.54) is 19.1 Å². The predicted octanol–water partition coefficient (Wildman–Crippen LogP) is 3.69. The molecule has 1 aliphatic heterocycles. The predicted molar refractivity (Wildman–Crippen MR) is 65.9 cm³/mol. The molecule has 1 aromatic carbocycles. The summed E-state index contributed by atoms with van der Waals surface area (Å²) >= 11 is 0. The molecule has 0 radical (unpaired) electrons. The summed E-state index contributed by atoms with van der Waals surface area (Å²) in [5, 5.41) is 0. The fourth-order valence-corrected chi connectivity index (χ4v) is 2.41. The van der Waals surface area contributed by atoms with Crippen LogP contribution in [0.15, 0.2) is 18.2 Å². The van der Waals surface area contributed by atoms with Gasteiger partial charge in [-0.15, -0.1) is 0 Å². The van der Waals surface area contributed by atoms with Gasteiger partial charge in [-0.2, -0.15) is 13.2 Å². The highest BCUT2D eigenvalue weighted by molar-refractivity contribution is 5.94. The summed E-state index contributed by atoms with van der Waals surface area (Å²) in [5.74, 6) is -1.35. The number of alkyl halides is 3. The second-order valence-electron chi connectivity index (χ2n) is 5.02. The molecule has 1 aromatic rings. The average molecular weight is 289 g/mol. The smallest absolute Gasteiger partial charge is 0.327 e. The van der Waals surface area contributed by atoms with Crippen LogP contribution in [0.4, 0.5) is 17.6 Å². The summed E-state index contributed by atoms with van der Waals surface area (Å²) in [6.07, 6.45) is -3.56. The van der Waals surface area contributed by atoms with Crippen LogP contribution in [0, 0.1) is 12.7 Å². The van der Waals surface area contributed by atoms with Crippen LogP contribution in [-0.4, -0.2) is 29.6 Å². The lowest BCUT2D eigenvalue weighted by molar-refractivity contribution is -0.183. The number of amides is 1. The van der Waals surface area contributed by atoms with Gasteiger partial charge in [-0.1, -0.05) is 6.07 Å². The van der Waals surface area contributed by atoms with Crippen molar-refractivity contribution < 1.29 is 22.4 Å². The van der Waals surface area contributed by atoms with E-state index in [4.69, 9.17) is 0 Å². The van der Waals surface area contributed by atoms with E-state index in [-0.39, 0.29) is 18.5 Å². The van der Waals surface area contributed by atoms with Gasteiger partial charge in [0, 0.05) is 12.1 Å². The van der Waals surface area contributed by atoms with E-state index in [2.05, 4.69) is 0 Å². The molecule has 1 unspecified atom stereocenters. The monoisotopic (exact) mass is 289 g/mol. The molecular weight excluding hydrogens is 274 g/mol. The third kappa shape index (κ3) is 2.94. The normalized spacial score (nSPS) is 20.1.